The van der Waals surface area contributed by atoms with E-state index in [0.717, 1.165) is 46.2 Å². The fourth-order valence-corrected chi connectivity index (χ4v) is 9.21. The second-order valence-corrected chi connectivity index (χ2v) is 25.6. The second kappa shape index (κ2) is 56.3. The summed E-state index contributed by atoms with van der Waals surface area (Å²) in [6.45, 7) is 18.2. The molecule has 4 aromatic carbocycles. The molecule has 0 fully saturated rings. The van der Waals surface area contributed by atoms with Crippen LogP contribution in [0.5, 0.6) is 0 Å². The van der Waals surface area contributed by atoms with Gasteiger partial charge in [0.05, 0.1) is 64.7 Å². The summed E-state index contributed by atoms with van der Waals surface area (Å²) < 4.78 is 47.3. The minimum absolute atomic E-state index is 0. The summed E-state index contributed by atoms with van der Waals surface area (Å²) in [5.41, 5.74) is 22.5. The smallest absolute Gasteiger partial charge is 0.313 e. The molecule has 2 atom stereocenters. The first-order valence-electron chi connectivity index (χ1n) is 35.9. The van der Waals surface area contributed by atoms with Crippen molar-refractivity contribution in [3.05, 3.63) is 142 Å². The number of hydrogen-bond acceptors (Lipinski definition) is 29. The average Bonchev–Trinajstić information content (AvgIpc) is 0.903. The van der Waals surface area contributed by atoms with Crippen molar-refractivity contribution in [2.24, 2.45) is 41.4 Å². The molecule has 0 aliphatic carbocycles. The number of carbonyl (C=O) groups excluding carboxylic acids is 12. The summed E-state index contributed by atoms with van der Waals surface area (Å²) in [5, 5.41) is 0. The zero-order valence-electron chi connectivity index (χ0n) is 66.1. The molecular formula is C81H110N8O22. The van der Waals surface area contributed by atoms with Crippen LogP contribution in [0, 0.1) is 0 Å². The van der Waals surface area contributed by atoms with Crippen LogP contribution >= 0.6 is 0 Å². The summed E-state index contributed by atoms with van der Waals surface area (Å²) in [4.78, 5) is 169. The number of benzene rings is 4. The standard InChI is InChI=1S/C58H76N6O12.C15H20O9.C8H12N2.H2O/c1-11-45-16-13-18-47(28-45)31-61-41(5)24-55(67)73-37-51(35-71-53(65)22-39(3)59-9)75-57(69)26-43(7)63-33-49-20-15-21-50(30-49)34-64-44(8)27-58(70)76-52(36-72-54(66)23-40(4)60-10)38-74-56(68)25-42(6)62-32-48-19-14-17-46(12-2)29-48;1-9(16)4-13(19)22-7-12(24-15(21)6-11(3)18)8-23-14(20)5-10(2)17;9-5-7-2-1-3-8(4-7)6-10;/h13-21,28-30,51-52H,11-12,22-27,31-38H2,1-10H3;12H,4-8H2,1-3H3;1-4H,5-6,9-10H2;1H2. The molecule has 0 aromatic heterocycles. The van der Waals surface area contributed by atoms with Gasteiger partial charge >= 0.3 is 53.7 Å². The molecule has 0 bridgehead atoms. The van der Waals surface area contributed by atoms with Gasteiger partial charge in [-0.2, -0.15) is 0 Å². The Hall–Kier alpha value is -11.0. The van der Waals surface area contributed by atoms with Crippen LogP contribution in [0.15, 0.2) is 127 Å². The van der Waals surface area contributed by atoms with E-state index in [1.165, 1.54) is 31.9 Å². The molecule has 30 nitrogen and oxygen atoms in total. The fraction of sp³-hybridized carbons (Fsp3) is 0.481. The molecule has 0 saturated heterocycles. The number of aliphatic imine (C=N–C) groups is 6. The van der Waals surface area contributed by atoms with Gasteiger partial charge in [-0.05, 0) is 120 Å². The second-order valence-electron chi connectivity index (χ2n) is 25.6. The monoisotopic (exact) mass is 1550 g/mol. The van der Waals surface area contributed by atoms with Gasteiger partial charge in [0.15, 0.2) is 18.3 Å². The van der Waals surface area contributed by atoms with E-state index < -0.39 is 122 Å². The fourth-order valence-electron chi connectivity index (χ4n) is 9.21. The van der Waals surface area contributed by atoms with Crippen LogP contribution in [0.3, 0.4) is 0 Å². The molecule has 606 valence electrons. The van der Waals surface area contributed by atoms with Crippen LogP contribution in [0.2, 0.25) is 0 Å². The van der Waals surface area contributed by atoms with E-state index in [9.17, 15) is 57.5 Å². The van der Waals surface area contributed by atoms with Gasteiger partial charge in [0.2, 0.25) is 0 Å². The van der Waals surface area contributed by atoms with Crippen LogP contribution in [-0.2, 0) is 152 Å². The van der Waals surface area contributed by atoms with E-state index in [4.69, 9.17) is 54.1 Å². The number of nitrogens with two attached hydrogens (primary N) is 2. The topological polar surface area (TPSA) is 446 Å². The summed E-state index contributed by atoms with van der Waals surface area (Å²) in [5.74, 6) is -7.37. The van der Waals surface area contributed by atoms with Crippen molar-refractivity contribution in [2.45, 2.75) is 204 Å². The van der Waals surface area contributed by atoms with Gasteiger partial charge in [-0.3, -0.25) is 87.5 Å². The predicted molar refractivity (Wildman–Crippen MR) is 418 cm³/mol. The van der Waals surface area contributed by atoms with Crippen LogP contribution in [0.4, 0.5) is 0 Å². The summed E-state index contributed by atoms with van der Waals surface area (Å²) >= 11 is 0. The Bertz CT molecular complexity index is 3690. The lowest BCUT2D eigenvalue weighted by molar-refractivity contribution is -0.167. The maximum absolute atomic E-state index is 13.1. The van der Waals surface area contributed by atoms with Crippen molar-refractivity contribution < 1.29 is 106 Å². The van der Waals surface area contributed by atoms with Crippen molar-refractivity contribution in [3.8, 4) is 0 Å². The van der Waals surface area contributed by atoms with E-state index in [-0.39, 0.29) is 83.5 Å². The van der Waals surface area contributed by atoms with Crippen molar-refractivity contribution >= 4 is 105 Å². The Balaban J connectivity index is 0.00000144. The molecule has 4 aromatic rings. The van der Waals surface area contributed by atoms with Gasteiger partial charge in [0.25, 0.3) is 0 Å². The van der Waals surface area contributed by atoms with Gasteiger partial charge in [-0.15, -0.1) is 0 Å². The van der Waals surface area contributed by atoms with Crippen LogP contribution in [0.25, 0.3) is 0 Å². The van der Waals surface area contributed by atoms with Gasteiger partial charge in [0, 0.05) is 61.5 Å². The van der Waals surface area contributed by atoms with Gasteiger partial charge in [-0.1, -0.05) is 111 Å². The molecule has 0 spiro atoms. The van der Waals surface area contributed by atoms with Gasteiger partial charge < -0.3 is 59.6 Å². The zero-order chi connectivity index (χ0) is 81.9. The number of aryl methyl sites for hydroxylation is 2. The molecule has 0 aliphatic heterocycles. The van der Waals surface area contributed by atoms with E-state index in [2.05, 4.69) is 55.9 Å². The van der Waals surface area contributed by atoms with E-state index in [0.29, 0.717) is 60.4 Å². The van der Waals surface area contributed by atoms with Crippen molar-refractivity contribution in [1.82, 2.24) is 0 Å². The van der Waals surface area contributed by atoms with Crippen LogP contribution in [-0.4, -0.2) is 183 Å². The lowest BCUT2D eigenvalue weighted by Crippen LogP contribution is -2.31. The lowest BCUT2D eigenvalue weighted by Gasteiger charge is -2.18. The third kappa shape index (κ3) is 48.2. The Morgan fingerprint density at radius 2 is 0.495 bits per heavy atom. The van der Waals surface area contributed by atoms with Crippen LogP contribution < -0.4 is 11.5 Å². The Kier molecular flexibility index (Phi) is 49.7. The highest BCUT2D eigenvalue weighted by Crippen LogP contribution is 2.14. The van der Waals surface area contributed by atoms with E-state index in [1.807, 2.05) is 84.9 Å². The number of ketones is 3. The Morgan fingerprint density at radius 1 is 0.297 bits per heavy atom. The molecule has 0 radical (unpaired) electrons. The molecule has 0 heterocycles. The largest absolute Gasteiger partial charge is 0.461 e. The Labute approximate surface area is 649 Å². The third-order valence-electron chi connectivity index (χ3n) is 15.2. The maximum Gasteiger partial charge on any atom is 0.313 e. The Morgan fingerprint density at radius 3 is 0.739 bits per heavy atom. The first kappa shape index (κ1) is 98.0. The SMILES string of the molecule is CC(=O)CC(=O)OCC(COC(=O)CC(C)=O)OC(=O)CC(C)=O.CCc1cccc(CN=C(C)CC(=O)OCC(COC(=O)CC(C)=NC)OC(=O)CC(C)=NCc2cccc(CN=C(C)CC(=O)OC(COC(=O)CC(C)=NC)COC(=O)CC(C)=NCc3cccc(CC)c3)c2)c1.NCc1cccc(CN)c1.O. The minimum atomic E-state index is -1.15. The van der Waals surface area contributed by atoms with Crippen molar-refractivity contribution in [2.75, 3.05) is 53.7 Å². The number of hydrogen-bond donors (Lipinski definition) is 2. The van der Waals surface area contributed by atoms with Gasteiger partial charge in [0.1, 0.15) is 76.3 Å². The number of Topliss-reactive ketones (excluding diaryl/α,β-unsaturated/α-hetero) is 3. The first-order chi connectivity index (χ1) is 52.3. The third-order valence-corrected chi connectivity index (χ3v) is 15.2. The number of rotatable bonds is 45. The molecule has 0 amide bonds. The highest BCUT2D eigenvalue weighted by molar-refractivity contribution is 6.01. The molecule has 0 saturated carbocycles. The number of nitrogens with zero attached hydrogens (tertiary/aromatic N) is 6. The summed E-state index contributed by atoms with van der Waals surface area (Å²) in [7, 11) is 3.13. The average molecular weight is 1550 g/mol. The summed E-state index contributed by atoms with van der Waals surface area (Å²) in [6.07, 6.45) is -3.45. The lowest BCUT2D eigenvalue weighted by atomic mass is 10.1. The number of ether oxygens (including phenoxy) is 9. The minimum Gasteiger partial charge on any atom is -0.461 e. The molecule has 6 N–H and O–H groups in total. The highest BCUT2D eigenvalue weighted by atomic mass is 16.6. The van der Waals surface area contributed by atoms with Crippen LogP contribution in [0.1, 0.15) is 178 Å². The van der Waals surface area contributed by atoms with E-state index >= 15 is 0 Å². The quantitative estimate of drug-likeness (QED) is 0.0182. The maximum atomic E-state index is 13.1. The number of esters is 9. The molecule has 111 heavy (non-hydrogen) atoms. The van der Waals surface area contributed by atoms with Gasteiger partial charge in [-0.25, -0.2) is 0 Å². The highest BCUT2D eigenvalue weighted by Gasteiger charge is 2.25. The zero-order valence-corrected chi connectivity index (χ0v) is 66.1. The van der Waals surface area contributed by atoms with Crippen molar-refractivity contribution in [1.29, 1.82) is 0 Å². The molecule has 4 rings (SSSR count). The normalized spacial score (nSPS) is 12.2. The molecular weight excluding hydrogens is 1440 g/mol. The van der Waals surface area contributed by atoms with E-state index in [1.54, 1.807) is 55.6 Å². The number of carbonyl (C=O) groups is 12. The first-order valence-corrected chi connectivity index (χ1v) is 35.9. The predicted octanol–water partition coefficient (Wildman–Crippen LogP) is 8.28. The molecule has 30 heteroatoms. The van der Waals surface area contributed by atoms with Crippen molar-refractivity contribution in [3.63, 3.8) is 0 Å². The molecule has 0 aliphatic rings. The molecule has 2 unspecified atom stereocenters. The summed E-state index contributed by atoms with van der Waals surface area (Å²) in [6, 6.07) is 31.7.